The van der Waals surface area contributed by atoms with Gasteiger partial charge in [-0.25, -0.2) is 0 Å². The van der Waals surface area contributed by atoms with Crippen molar-refractivity contribution in [1.29, 1.82) is 0 Å². The summed E-state index contributed by atoms with van der Waals surface area (Å²) in [7, 11) is 0.453. The fourth-order valence-electron chi connectivity index (χ4n) is 1.91. The van der Waals surface area contributed by atoms with Gasteiger partial charge in [0, 0.05) is 21.4 Å². The third kappa shape index (κ3) is 3.80. The molecule has 18 heavy (non-hydrogen) atoms. The van der Waals surface area contributed by atoms with Crippen LogP contribution in [0.3, 0.4) is 0 Å². The number of thiophene rings is 1. The molecular formula is C12H15ClO3S2. The van der Waals surface area contributed by atoms with E-state index in [1.165, 1.54) is 18.4 Å². The summed E-state index contributed by atoms with van der Waals surface area (Å²) in [5.41, 5.74) is -0.0704. The van der Waals surface area contributed by atoms with Gasteiger partial charge in [0.25, 0.3) is 0 Å². The lowest BCUT2D eigenvalue weighted by Crippen LogP contribution is -2.18. The number of rotatable bonds is 6. The summed E-state index contributed by atoms with van der Waals surface area (Å²) in [6, 6.07) is 3.73. The predicted octanol–water partition coefficient (Wildman–Crippen LogP) is 2.99. The minimum Gasteiger partial charge on any atom is -0.469 e. The number of carbonyl (C=O) groups excluding carboxylic acids is 1. The maximum atomic E-state index is 12.1. The monoisotopic (exact) mass is 306 g/mol. The van der Waals surface area contributed by atoms with Gasteiger partial charge in [0.1, 0.15) is 0 Å². The van der Waals surface area contributed by atoms with E-state index < -0.39 is 10.8 Å². The first-order valence-electron chi connectivity index (χ1n) is 5.69. The minimum absolute atomic E-state index is 0.0704. The zero-order valence-electron chi connectivity index (χ0n) is 10.1. The fraction of sp³-hybridized carbons (Fsp3) is 0.583. The lowest BCUT2D eigenvalue weighted by molar-refractivity contribution is -0.141. The molecular weight excluding hydrogens is 292 g/mol. The summed E-state index contributed by atoms with van der Waals surface area (Å²) in [6.45, 7) is 0. The molecule has 1 unspecified atom stereocenters. The van der Waals surface area contributed by atoms with Crippen LogP contribution in [0.5, 0.6) is 0 Å². The number of hydrogen-bond donors (Lipinski definition) is 0. The van der Waals surface area contributed by atoms with Crippen LogP contribution in [0.4, 0.5) is 0 Å². The van der Waals surface area contributed by atoms with E-state index in [1.807, 2.05) is 12.1 Å². The molecule has 0 bridgehead atoms. The second-order valence-corrected chi connectivity index (χ2v) is 7.94. The summed E-state index contributed by atoms with van der Waals surface area (Å²) < 4.78 is 17.5. The number of hydrogen-bond acceptors (Lipinski definition) is 4. The van der Waals surface area contributed by atoms with Crippen LogP contribution >= 0.6 is 22.9 Å². The first kappa shape index (κ1) is 14.0. The van der Waals surface area contributed by atoms with Gasteiger partial charge in [-0.15, -0.1) is 11.3 Å². The Morgan fingerprint density at radius 1 is 1.56 bits per heavy atom. The smallest absolute Gasteiger partial charge is 0.306 e. The maximum absolute atomic E-state index is 12.1. The molecule has 2 rings (SSSR count). The number of methoxy groups -OCH3 is 1. The fourth-order valence-corrected chi connectivity index (χ4v) is 5.01. The molecule has 1 atom stereocenters. The van der Waals surface area contributed by atoms with E-state index in [0.717, 1.165) is 22.1 Å². The normalized spacial score (nSPS) is 18.3. The maximum Gasteiger partial charge on any atom is 0.306 e. The molecule has 0 amide bonds. The molecule has 1 aliphatic rings. The molecule has 1 heterocycles. The van der Waals surface area contributed by atoms with Gasteiger partial charge in [-0.05, 0) is 30.4 Å². The highest BCUT2D eigenvalue weighted by Crippen LogP contribution is 2.49. The van der Waals surface area contributed by atoms with Gasteiger partial charge in [0.2, 0.25) is 0 Å². The Kier molecular flexibility index (Phi) is 4.45. The number of carbonyl (C=O) groups is 1. The molecule has 1 aromatic heterocycles. The third-order valence-electron chi connectivity index (χ3n) is 3.10. The van der Waals surface area contributed by atoms with E-state index in [1.54, 1.807) is 0 Å². The van der Waals surface area contributed by atoms with E-state index in [0.29, 0.717) is 17.9 Å². The SMILES string of the molecule is COC(=O)CC1(CS(=O)Cc2ccc(Cl)s2)CC1. The molecule has 1 saturated carbocycles. The Morgan fingerprint density at radius 2 is 2.28 bits per heavy atom. The van der Waals surface area contributed by atoms with Crippen molar-refractivity contribution in [3.63, 3.8) is 0 Å². The van der Waals surface area contributed by atoms with Crippen LogP contribution in [-0.4, -0.2) is 23.0 Å². The van der Waals surface area contributed by atoms with Crippen molar-refractivity contribution < 1.29 is 13.7 Å². The molecule has 0 radical (unpaired) electrons. The van der Waals surface area contributed by atoms with Crippen molar-refractivity contribution in [2.45, 2.75) is 25.0 Å². The summed E-state index contributed by atoms with van der Waals surface area (Å²) in [4.78, 5) is 12.3. The largest absolute Gasteiger partial charge is 0.469 e. The lowest BCUT2D eigenvalue weighted by atomic mass is 10.1. The number of esters is 1. The Balaban J connectivity index is 1.86. The average Bonchev–Trinajstić information content (AvgIpc) is 2.92. The van der Waals surface area contributed by atoms with Crippen molar-refractivity contribution in [2.24, 2.45) is 5.41 Å². The molecule has 100 valence electrons. The zero-order valence-corrected chi connectivity index (χ0v) is 12.5. The first-order valence-corrected chi connectivity index (χ1v) is 8.37. The summed E-state index contributed by atoms with van der Waals surface area (Å²) in [5.74, 6) is 0.904. The van der Waals surface area contributed by atoms with Crippen LogP contribution in [0.1, 0.15) is 24.1 Å². The third-order valence-corrected chi connectivity index (χ3v) is 6.08. The molecule has 0 aromatic carbocycles. The molecule has 1 aromatic rings. The van der Waals surface area contributed by atoms with E-state index in [2.05, 4.69) is 4.74 Å². The standard InChI is InChI=1S/C12H15ClO3S2/c1-16-11(14)6-12(4-5-12)8-18(15)7-9-2-3-10(13)17-9/h2-3H,4-8H2,1H3. The van der Waals surface area contributed by atoms with Crippen LogP contribution in [0.25, 0.3) is 0 Å². The van der Waals surface area contributed by atoms with E-state index in [-0.39, 0.29) is 11.4 Å². The van der Waals surface area contributed by atoms with E-state index in [9.17, 15) is 9.00 Å². The summed E-state index contributed by atoms with van der Waals surface area (Å²) in [5, 5.41) is 0. The molecule has 1 fully saturated rings. The summed E-state index contributed by atoms with van der Waals surface area (Å²) >= 11 is 7.30. The van der Waals surface area contributed by atoms with Gasteiger partial charge in [-0.2, -0.15) is 0 Å². The molecule has 6 heteroatoms. The van der Waals surface area contributed by atoms with Crippen LogP contribution < -0.4 is 0 Å². The van der Waals surface area contributed by atoms with Crippen molar-refractivity contribution in [3.8, 4) is 0 Å². The Morgan fingerprint density at radius 3 is 2.78 bits per heavy atom. The van der Waals surface area contributed by atoms with Crippen molar-refractivity contribution in [1.82, 2.24) is 0 Å². The summed E-state index contributed by atoms with van der Waals surface area (Å²) in [6.07, 6.45) is 2.33. The number of halogens is 1. The molecule has 1 aliphatic carbocycles. The topological polar surface area (TPSA) is 43.4 Å². The van der Waals surface area contributed by atoms with Gasteiger partial charge < -0.3 is 4.74 Å². The molecule has 0 N–H and O–H groups in total. The highest BCUT2D eigenvalue weighted by Gasteiger charge is 2.45. The molecule has 0 aliphatic heterocycles. The van der Waals surface area contributed by atoms with Gasteiger partial charge in [-0.3, -0.25) is 9.00 Å². The minimum atomic E-state index is -0.939. The Hall–Kier alpha value is -0.390. The Bertz CT molecular complexity index is 466. The quantitative estimate of drug-likeness (QED) is 0.759. The van der Waals surface area contributed by atoms with E-state index >= 15 is 0 Å². The van der Waals surface area contributed by atoms with Gasteiger partial charge in [0.05, 0.1) is 23.6 Å². The van der Waals surface area contributed by atoms with Crippen LogP contribution in [0, 0.1) is 5.41 Å². The molecule has 0 saturated heterocycles. The lowest BCUT2D eigenvalue weighted by Gasteiger charge is -2.12. The number of ether oxygens (including phenoxy) is 1. The van der Waals surface area contributed by atoms with Crippen molar-refractivity contribution in [2.75, 3.05) is 12.9 Å². The van der Waals surface area contributed by atoms with Gasteiger partial charge in [-0.1, -0.05) is 11.6 Å². The Labute approximate surface area is 118 Å². The van der Waals surface area contributed by atoms with Crippen molar-refractivity contribution >= 4 is 39.7 Å². The highest BCUT2D eigenvalue weighted by molar-refractivity contribution is 7.84. The zero-order chi connectivity index (χ0) is 13.2. The second kappa shape index (κ2) is 5.72. The van der Waals surface area contributed by atoms with Gasteiger partial charge in [0.15, 0.2) is 0 Å². The highest BCUT2D eigenvalue weighted by atomic mass is 35.5. The van der Waals surface area contributed by atoms with E-state index in [4.69, 9.17) is 11.6 Å². The van der Waals surface area contributed by atoms with Crippen LogP contribution in [0.15, 0.2) is 12.1 Å². The second-order valence-electron chi connectivity index (χ2n) is 4.69. The first-order chi connectivity index (χ1) is 8.53. The van der Waals surface area contributed by atoms with Gasteiger partial charge >= 0.3 is 5.97 Å². The average molecular weight is 307 g/mol. The molecule has 3 nitrogen and oxygen atoms in total. The predicted molar refractivity (Wildman–Crippen MR) is 74.3 cm³/mol. The van der Waals surface area contributed by atoms with Crippen molar-refractivity contribution in [3.05, 3.63) is 21.3 Å². The van der Waals surface area contributed by atoms with Crippen LogP contribution in [0.2, 0.25) is 4.34 Å². The van der Waals surface area contributed by atoms with Crippen LogP contribution in [-0.2, 0) is 26.1 Å². The molecule has 0 spiro atoms.